The molecule has 4 rings (SSSR count). The first-order chi connectivity index (χ1) is 14.8. The molecule has 2 aromatic rings. The van der Waals surface area contributed by atoms with Crippen LogP contribution in [-0.2, 0) is 9.59 Å². The van der Waals surface area contributed by atoms with E-state index in [2.05, 4.69) is 35.5 Å². The Morgan fingerprint density at radius 1 is 1.26 bits per heavy atom. The van der Waals surface area contributed by atoms with E-state index in [-0.39, 0.29) is 12.5 Å². The van der Waals surface area contributed by atoms with Crippen molar-refractivity contribution in [3.63, 3.8) is 0 Å². The molecule has 0 bridgehead atoms. The number of aromatic nitrogens is 1. The van der Waals surface area contributed by atoms with Gasteiger partial charge in [-0.25, -0.2) is 9.78 Å². The summed E-state index contributed by atoms with van der Waals surface area (Å²) in [7, 11) is 0. The van der Waals surface area contributed by atoms with Gasteiger partial charge in [0.15, 0.2) is 5.13 Å². The Morgan fingerprint density at radius 3 is 2.68 bits per heavy atom. The minimum absolute atomic E-state index is 0.280. The summed E-state index contributed by atoms with van der Waals surface area (Å²) < 4.78 is 0. The SMILES string of the molecule is CCC1CCC2(CC1)NC(=O)N(CC(=O)Nc1nc(-c3ccc(C)c(C)c3)cs1)C2=O. The van der Waals surface area contributed by atoms with Gasteiger partial charge in [0, 0.05) is 10.9 Å². The maximum absolute atomic E-state index is 13.0. The molecule has 1 aromatic carbocycles. The van der Waals surface area contributed by atoms with Crippen LogP contribution in [-0.4, -0.2) is 39.8 Å². The molecule has 2 aliphatic rings. The number of rotatable bonds is 5. The lowest BCUT2D eigenvalue weighted by molar-refractivity contribution is -0.135. The highest BCUT2D eigenvalue weighted by Crippen LogP contribution is 2.37. The van der Waals surface area contributed by atoms with Crippen molar-refractivity contribution >= 4 is 34.3 Å². The molecule has 1 aromatic heterocycles. The Hall–Kier alpha value is -2.74. The smallest absolute Gasteiger partial charge is 0.323 e. The number of thiazole rings is 1. The van der Waals surface area contributed by atoms with Crippen molar-refractivity contribution < 1.29 is 14.4 Å². The van der Waals surface area contributed by atoms with Crippen molar-refractivity contribution in [2.24, 2.45) is 5.92 Å². The maximum Gasteiger partial charge on any atom is 0.325 e. The second kappa shape index (κ2) is 8.42. The maximum atomic E-state index is 13.0. The molecule has 0 unspecified atom stereocenters. The first kappa shape index (κ1) is 21.5. The molecule has 4 amide bonds. The number of urea groups is 1. The van der Waals surface area contributed by atoms with Gasteiger partial charge in [-0.2, -0.15) is 0 Å². The van der Waals surface area contributed by atoms with Gasteiger partial charge in [-0.1, -0.05) is 25.5 Å². The normalized spacial score (nSPS) is 23.3. The Balaban J connectivity index is 1.39. The Kier molecular flexibility index (Phi) is 5.83. The number of carbonyl (C=O) groups is 3. The van der Waals surface area contributed by atoms with Crippen LogP contribution in [0.3, 0.4) is 0 Å². The van der Waals surface area contributed by atoms with Gasteiger partial charge in [0.25, 0.3) is 5.91 Å². The van der Waals surface area contributed by atoms with Crippen molar-refractivity contribution in [2.75, 3.05) is 11.9 Å². The summed E-state index contributed by atoms with van der Waals surface area (Å²) in [6.45, 7) is 5.95. The van der Waals surface area contributed by atoms with E-state index < -0.39 is 17.5 Å². The summed E-state index contributed by atoms with van der Waals surface area (Å²) in [6, 6.07) is 5.63. The van der Waals surface area contributed by atoms with E-state index in [4.69, 9.17) is 0 Å². The summed E-state index contributed by atoms with van der Waals surface area (Å²) in [5.74, 6) is -0.106. The van der Waals surface area contributed by atoms with E-state index in [1.807, 2.05) is 24.4 Å². The zero-order valence-corrected chi connectivity index (χ0v) is 19.0. The van der Waals surface area contributed by atoms with Crippen molar-refractivity contribution in [1.82, 2.24) is 15.2 Å². The van der Waals surface area contributed by atoms with E-state index in [1.54, 1.807) is 0 Å². The number of amides is 4. The van der Waals surface area contributed by atoms with Gasteiger partial charge in [0.2, 0.25) is 5.91 Å². The number of carbonyl (C=O) groups excluding carboxylic acids is 3. The number of hydrogen-bond acceptors (Lipinski definition) is 5. The molecular weight excluding hydrogens is 412 g/mol. The van der Waals surface area contributed by atoms with Crippen LogP contribution in [0.1, 0.15) is 50.2 Å². The quantitative estimate of drug-likeness (QED) is 0.680. The first-order valence-electron chi connectivity index (χ1n) is 10.8. The fourth-order valence-corrected chi connectivity index (χ4v) is 5.14. The zero-order valence-electron chi connectivity index (χ0n) is 18.2. The summed E-state index contributed by atoms with van der Waals surface area (Å²) in [5, 5.41) is 7.92. The van der Waals surface area contributed by atoms with E-state index in [0.29, 0.717) is 23.9 Å². The van der Waals surface area contributed by atoms with Crippen molar-refractivity contribution in [2.45, 2.75) is 58.4 Å². The fourth-order valence-electron chi connectivity index (χ4n) is 4.40. The number of imide groups is 1. The zero-order chi connectivity index (χ0) is 22.2. The lowest BCUT2D eigenvalue weighted by Crippen LogP contribution is -2.49. The third-order valence-electron chi connectivity index (χ3n) is 6.64. The van der Waals surface area contributed by atoms with Crippen LogP contribution in [0.2, 0.25) is 0 Å². The molecule has 0 radical (unpaired) electrons. The Morgan fingerprint density at radius 2 is 2.00 bits per heavy atom. The fraction of sp³-hybridized carbons (Fsp3) is 0.478. The predicted molar refractivity (Wildman–Crippen MR) is 121 cm³/mol. The number of nitrogens with zero attached hydrogens (tertiary/aromatic N) is 2. The molecule has 164 valence electrons. The Labute approximate surface area is 186 Å². The molecule has 1 saturated heterocycles. The monoisotopic (exact) mass is 440 g/mol. The number of nitrogens with one attached hydrogen (secondary N) is 2. The molecule has 8 heteroatoms. The van der Waals surface area contributed by atoms with Crippen LogP contribution >= 0.6 is 11.3 Å². The van der Waals surface area contributed by atoms with Gasteiger partial charge < -0.3 is 10.6 Å². The van der Waals surface area contributed by atoms with Gasteiger partial charge >= 0.3 is 6.03 Å². The predicted octanol–water partition coefficient (Wildman–Crippen LogP) is 4.26. The van der Waals surface area contributed by atoms with Gasteiger partial charge in [-0.05, 0) is 62.6 Å². The molecule has 2 N–H and O–H groups in total. The van der Waals surface area contributed by atoms with Crippen LogP contribution in [0.4, 0.5) is 9.93 Å². The van der Waals surface area contributed by atoms with Crippen LogP contribution in [0.5, 0.6) is 0 Å². The number of hydrogen-bond donors (Lipinski definition) is 2. The van der Waals surface area contributed by atoms with Gasteiger partial charge in [0.05, 0.1) is 5.69 Å². The second-order valence-electron chi connectivity index (χ2n) is 8.64. The van der Waals surface area contributed by atoms with Crippen LogP contribution in [0.25, 0.3) is 11.3 Å². The average Bonchev–Trinajstić information content (AvgIpc) is 3.29. The minimum Gasteiger partial charge on any atom is -0.323 e. The summed E-state index contributed by atoms with van der Waals surface area (Å²) >= 11 is 1.32. The number of aryl methyl sites for hydroxylation is 2. The van der Waals surface area contributed by atoms with Crippen molar-refractivity contribution in [3.05, 3.63) is 34.7 Å². The van der Waals surface area contributed by atoms with Crippen LogP contribution in [0.15, 0.2) is 23.6 Å². The topological polar surface area (TPSA) is 91.4 Å². The molecule has 31 heavy (non-hydrogen) atoms. The Bertz CT molecular complexity index is 1020. The highest BCUT2D eigenvalue weighted by Gasteiger charge is 2.52. The standard InChI is InChI=1S/C23H28N4O3S/c1-4-16-7-9-23(10-8-16)20(29)27(22(30)26-23)12-19(28)25-21-24-18(13-31-21)17-6-5-14(2)15(3)11-17/h5-6,11,13,16H,4,7-10,12H2,1-3H3,(H,26,30)(H,24,25,28). The average molecular weight is 441 g/mol. The van der Waals surface area contributed by atoms with E-state index >= 15 is 0 Å². The molecule has 2 fully saturated rings. The summed E-state index contributed by atoms with van der Waals surface area (Å²) in [4.78, 5) is 43.5. The molecule has 1 saturated carbocycles. The molecule has 7 nitrogen and oxygen atoms in total. The van der Waals surface area contributed by atoms with Gasteiger partial charge in [-0.3, -0.25) is 14.5 Å². The van der Waals surface area contributed by atoms with E-state index in [1.165, 1.54) is 22.5 Å². The highest BCUT2D eigenvalue weighted by atomic mass is 32.1. The lowest BCUT2D eigenvalue weighted by Gasteiger charge is -2.34. The van der Waals surface area contributed by atoms with E-state index in [9.17, 15) is 14.4 Å². The third-order valence-corrected chi connectivity index (χ3v) is 7.39. The van der Waals surface area contributed by atoms with Crippen LogP contribution in [0, 0.1) is 19.8 Å². The summed E-state index contributed by atoms with van der Waals surface area (Å²) in [5.41, 5.74) is 3.32. The molecule has 1 aliphatic heterocycles. The molecular formula is C23H28N4O3S. The number of benzene rings is 1. The van der Waals surface area contributed by atoms with E-state index in [0.717, 1.165) is 35.4 Å². The lowest BCUT2D eigenvalue weighted by atomic mass is 9.75. The first-order valence-corrected chi connectivity index (χ1v) is 11.7. The van der Waals surface area contributed by atoms with Gasteiger partial charge in [0.1, 0.15) is 12.1 Å². The highest BCUT2D eigenvalue weighted by molar-refractivity contribution is 7.14. The largest absolute Gasteiger partial charge is 0.325 e. The molecule has 1 spiro atoms. The molecule has 2 heterocycles. The number of anilines is 1. The van der Waals surface area contributed by atoms with Crippen molar-refractivity contribution in [3.8, 4) is 11.3 Å². The van der Waals surface area contributed by atoms with Crippen molar-refractivity contribution in [1.29, 1.82) is 0 Å². The van der Waals surface area contributed by atoms with Gasteiger partial charge in [-0.15, -0.1) is 11.3 Å². The third kappa shape index (κ3) is 4.21. The molecule has 1 aliphatic carbocycles. The van der Waals surface area contributed by atoms with Crippen LogP contribution < -0.4 is 10.6 Å². The minimum atomic E-state index is -0.833. The molecule has 0 atom stereocenters. The second-order valence-corrected chi connectivity index (χ2v) is 9.50. The summed E-state index contributed by atoms with van der Waals surface area (Å²) in [6.07, 6.45) is 4.20.